The third-order valence-electron chi connectivity index (χ3n) is 7.27. The number of benzene rings is 1. The molecule has 0 saturated carbocycles. The molecule has 0 bridgehead atoms. The zero-order chi connectivity index (χ0) is 24.0. The third kappa shape index (κ3) is 4.23. The molecule has 0 amide bonds. The van der Waals surface area contributed by atoms with Crippen molar-refractivity contribution in [1.29, 1.82) is 10.5 Å². The molecular weight excluding hydrogens is 406 g/mol. The molecule has 3 aliphatic heterocycles. The second-order valence-corrected chi connectivity index (χ2v) is 11.0. The first-order chi connectivity index (χ1) is 15.6. The van der Waals surface area contributed by atoms with E-state index in [0.29, 0.717) is 11.3 Å². The van der Waals surface area contributed by atoms with Gasteiger partial charge in [-0.05, 0) is 70.7 Å². The van der Waals surface area contributed by atoms with E-state index in [1.165, 1.54) is 16.8 Å². The van der Waals surface area contributed by atoms with Crippen LogP contribution in [0, 0.1) is 28.6 Å². The highest BCUT2D eigenvalue weighted by Crippen LogP contribution is 2.49. The second kappa shape index (κ2) is 8.27. The first-order valence-corrected chi connectivity index (χ1v) is 11.8. The Morgan fingerprint density at radius 3 is 2.06 bits per heavy atom. The number of allylic oxidation sites excluding steroid dienone is 6. The summed E-state index contributed by atoms with van der Waals surface area (Å²) in [7, 11) is 0. The van der Waals surface area contributed by atoms with E-state index in [1.807, 2.05) is 32.1 Å². The second-order valence-electron chi connectivity index (χ2n) is 11.0. The summed E-state index contributed by atoms with van der Waals surface area (Å²) in [5, 5.41) is 18.7. The molecule has 3 heterocycles. The Morgan fingerprint density at radius 2 is 1.55 bits per heavy atom. The minimum absolute atomic E-state index is 0.101. The van der Waals surface area contributed by atoms with Crippen molar-refractivity contribution in [3.05, 3.63) is 69.7 Å². The van der Waals surface area contributed by atoms with Crippen molar-refractivity contribution in [3.63, 3.8) is 0 Å². The van der Waals surface area contributed by atoms with Crippen molar-refractivity contribution in [1.82, 2.24) is 0 Å². The molecule has 4 rings (SSSR count). The van der Waals surface area contributed by atoms with E-state index in [1.54, 1.807) is 12.2 Å². The van der Waals surface area contributed by atoms with E-state index in [-0.39, 0.29) is 22.3 Å². The molecular formula is C29H33N3O. The number of nitrogens with zero attached hydrogens (tertiary/aromatic N) is 3. The molecule has 0 atom stereocenters. The van der Waals surface area contributed by atoms with E-state index in [2.05, 4.69) is 50.8 Å². The van der Waals surface area contributed by atoms with Crippen LogP contribution in [0.4, 0.5) is 5.69 Å². The number of rotatable bonds is 3. The summed E-state index contributed by atoms with van der Waals surface area (Å²) in [4.78, 5) is 2.57. The molecule has 0 fully saturated rings. The van der Waals surface area contributed by atoms with Gasteiger partial charge in [-0.2, -0.15) is 10.5 Å². The lowest BCUT2D eigenvalue weighted by Crippen LogP contribution is -2.44. The summed E-state index contributed by atoms with van der Waals surface area (Å²) < 4.78 is 6.09. The Labute approximate surface area is 198 Å². The Morgan fingerprint density at radius 1 is 0.970 bits per heavy atom. The molecule has 4 heteroatoms. The zero-order valence-electron chi connectivity index (χ0n) is 20.6. The molecule has 0 aliphatic carbocycles. The Balaban J connectivity index is 1.78. The quantitative estimate of drug-likeness (QED) is 0.494. The lowest BCUT2D eigenvalue weighted by Gasteiger charge is -2.48. The summed E-state index contributed by atoms with van der Waals surface area (Å²) in [6.07, 6.45) is 9.95. The van der Waals surface area contributed by atoms with Gasteiger partial charge < -0.3 is 9.64 Å². The van der Waals surface area contributed by atoms with Crippen LogP contribution < -0.4 is 4.90 Å². The Kier molecular flexibility index (Phi) is 5.75. The maximum atomic E-state index is 9.34. The smallest absolute Gasteiger partial charge is 0.137 e. The number of ether oxygens (including phenoxy) is 1. The van der Waals surface area contributed by atoms with Gasteiger partial charge in [0.25, 0.3) is 0 Å². The van der Waals surface area contributed by atoms with Crippen molar-refractivity contribution in [2.75, 3.05) is 18.0 Å². The molecule has 0 radical (unpaired) electrons. The van der Waals surface area contributed by atoms with E-state index in [0.717, 1.165) is 37.3 Å². The van der Waals surface area contributed by atoms with Crippen molar-refractivity contribution in [2.45, 2.75) is 65.2 Å². The Bertz CT molecular complexity index is 1140. The standard InChI is InChI=1S/C29H33N3O/c1-19(2)26-16-21(22(17-30)18-31)15-23(33-26)8-7-20-13-24-27-25(14-20)29(5,6)10-12-32(27)11-9-28(24,3)4/h7-8,13-16,19H,9-12H2,1-6H3/b8-7-. The van der Waals surface area contributed by atoms with E-state index >= 15 is 0 Å². The zero-order valence-corrected chi connectivity index (χ0v) is 20.6. The van der Waals surface area contributed by atoms with Crippen molar-refractivity contribution in [3.8, 4) is 12.1 Å². The predicted octanol–water partition coefficient (Wildman–Crippen LogP) is 6.67. The van der Waals surface area contributed by atoms with Gasteiger partial charge in [-0.1, -0.05) is 47.6 Å². The van der Waals surface area contributed by atoms with Crippen LogP contribution in [-0.2, 0) is 15.6 Å². The summed E-state index contributed by atoms with van der Waals surface area (Å²) in [6.45, 7) is 15.7. The first-order valence-electron chi connectivity index (χ1n) is 11.8. The van der Waals surface area contributed by atoms with Gasteiger partial charge in [0.2, 0.25) is 0 Å². The van der Waals surface area contributed by atoms with Crippen molar-refractivity contribution < 1.29 is 4.74 Å². The van der Waals surface area contributed by atoms with Gasteiger partial charge in [-0.25, -0.2) is 0 Å². The molecule has 33 heavy (non-hydrogen) atoms. The molecule has 3 aliphatic rings. The van der Waals surface area contributed by atoms with E-state index < -0.39 is 0 Å². The first kappa shape index (κ1) is 22.9. The van der Waals surface area contributed by atoms with Gasteiger partial charge in [0.15, 0.2) is 0 Å². The maximum absolute atomic E-state index is 9.34. The highest BCUT2D eigenvalue weighted by molar-refractivity contribution is 5.72. The fourth-order valence-electron chi connectivity index (χ4n) is 4.95. The molecule has 0 unspecified atom stereocenters. The van der Waals surface area contributed by atoms with Crippen LogP contribution in [0.2, 0.25) is 0 Å². The van der Waals surface area contributed by atoms with E-state index in [4.69, 9.17) is 4.74 Å². The lowest BCUT2D eigenvalue weighted by atomic mass is 9.69. The average Bonchev–Trinajstić information content (AvgIpc) is 2.77. The van der Waals surface area contributed by atoms with Crippen LogP contribution in [0.15, 0.2) is 53.0 Å². The van der Waals surface area contributed by atoms with Gasteiger partial charge in [-0.15, -0.1) is 0 Å². The van der Waals surface area contributed by atoms with Gasteiger partial charge in [0.05, 0.1) is 0 Å². The minimum atomic E-state index is 0.101. The topological polar surface area (TPSA) is 60.0 Å². The van der Waals surface area contributed by atoms with Crippen LogP contribution in [0.1, 0.15) is 71.1 Å². The predicted molar refractivity (Wildman–Crippen MR) is 133 cm³/mol. The van der Waals surface area contributed by atoms with Gasteiger partial charge in [0.1, 0.15) is 29.2 Å². The van der Waals surface area contributed by atoms with Crippen LogP contribution in [-0.4, -0.2) is 13.1 Å². The van der Waals surface area contributed by atoms with E-state index in [9.17, 15) is 10.5 Å². The molecule has 0 saturated heterocycles. The van der Waals surface area contributed by atoms with Crippen LogP contribution >= 0.6 is 0 Å². The van der Waals surface area contributed by atoms with Crippen molar-refractivity contribution >= 4 is 11.8 Å². The normalized spacial score (nSPS) is 20.4. The SMILES string of the molecule is CC(C)C1=CC(=C(C#N)C#N)C=C(/C=C\c2cc3c4c(c2)C(C)(C)CCN4CCC3(C)C)O1. The molecule has 4 nitrogen and oxygen atoms in total. The average molecular weight is 440 g/mol. The van der Waals surface area contributed by atoms with Gasteiger partial charge >= 0.3 is 0 Å². The summed E-state index contributed by atoms with van der Waals surface area (Å²) in [5.74, 6) is 1.55. The molecule has 0 aromatic heterocycles. The molecule has 1 aromatic carbocycles. The maximum Gasteiger partial charge on any atom is 0.137 e. The molecule has 1 aromatic rings. The highest BCUT2D eigenvalue weighted by atomic mass is 16.5. The number of nitriles is 2. The minimum Gasteiger partial charge on any atom is -0.461 e. The molecule has 170 valence electrons. The Hall–Kier alpha value is -3.24. The van der Waals surface area contributed by atoms with Crippen LogP contribution in [0.5, 0.6) is 0 Å². The number of hydrogen-bond acceptors (Lipinski definition) is 4. The molecule has 0 N–H and O–H groups in total. The highest BCUT2D eigenvalue weighted by Gasteiger charge is 2.39. The van der Waals surface area contributed by atoms with Crippen molar-refractivity contribution in [2.24, 2.45) is 5.92 Å². The lowest BCUT2D eigenvalue weighted by molar-refractivity contribution is 0.275. The van der Waals surface area contributed by atoms with Gasteiger partial charge in [-0.3, -0.25) is 0 Å². The summed E-state index contributed by atoms with van der Waals surface area (Å²) in [5.41, 5.74) is 6.43. The molecule has 0 spiro atoms. The monoisotopic (exact) mass is 439 g/mol. The van der Waals surface area contributed by atoms with Gasteiger partial charge in [0, 0.05) is 30.3 Å². The van der Waals surface area contributed by atoms with Crippen LogP contribution in [0.25, 0.3) is 6.08 Å². The number of hydrogen-bond donors (Lipinski definition) is 0. The summed E-state index contributed by atoms with van der Waals surface area (Å²) >= 11 is 0. The fraction of sp³-hybridized carbons (Fsp3) is 0.448. The number of anilines is 1. The summed E-state index contributed by atoms with van der Waals surface area (Å²) in [6, 6.07) is 8.66. The largest absolute Gasteiger partial charge is 0.461 e. The fourth-order valence-corrected chi connectivity index (χ4v) is 4.95. The third-order valence-corrected chi connectivity index (χ3v) is 7.27. The van der Waals surface area contributed by atoms with Crippen LogP contribution in [0.3, 0.4) is 0 Å².